The minimum atomic E-state index is -3.52. The molecule has 0 aliphatic heterocycles. The Morgan fingerprint density at radius 2 is 1.93 bits per heavy atom. The van der Waals surface area contributed by atoms with E-state index >= 15 is 0 Å². The molecule has 0 radical (unpaired) electrons. The number of aromatic nitrogens is 3. The van der Waals surface area contributed by atoms with E-state index in [1.165, 1.54) is 0 Å². The Labute approximate surface area is 168 Å². The first kappa shape index (κ1) is 19.4. The Balaban J connectivity index is 1.67. The summed E-state index contributed by atoms with van der Waals surface area (Å²) in [6, 6.07) is 3.77. The molecule has 2 N–H and O–H groups in total. The standard InChI is InChI=1S/C20H22N4O4S/c1-27-18-7-15-16(8-19(18)28-2)22-9-17-20(15)24(12-23-17)10-13-3-5-14(6-4-13)11-29(21,25)26/h3,5-9,12-13H,4,10-11H2,1-2H3,(H2,21,25,26). The van der Waals surface area contributed by atoms with Crippen LogP contribution in [0.4, 0.5) is 0 Å². The van der Waals surface area contributed by atoms with Crippen LogP contribution < -0.4 is 14.6 Å². The zero-order valence-electron chi connectivity index (χ0n) is 16.2. The van der Waals surface area contributed by atoms with Crippen molar-refractivity contribution in [3.05, 3.63) is 48.5 Å². The Morgan fingerprint density at radius 1 is 1.17 bits per heavy atom. The van der Waals surface area contributed by atoms with E-state index < -0.39 is 10.0 Å². The molecule has 0 bridgehead atoms. The largest absolute Gasteiger partial charge is 0.493 e. The van der Waals surface area contributed by atoms with Crippen LogP contribution in [0.15, 0.2) is 48.5 Å². The number of methoxy groups -OCH3 is 2. The lowest BCUT2D eigenvalue weighted by Crippen LogP contribution is -2.19. The zero-order valence-corrected chi connectivity index (χ0v) is 17.0. The molecule has 29 heavy (non-hydrogen) atoms. The summed E-state index contributed by atoms with van der Waals surface area (Å²) in [5.74, 6) is 1.35. The van der Waals surface area contributed by atoms with E-state index in [1.54, 1.807) is 26.7 Å². The van der Waals surface area contributed by atoms with Crippen molar-refractivity contribution in [1.82, 2.24) is 14.5 Å². The molecule has 0 saturated carbocycles. The van der Waals surface area contributed by atoms with Gasteiger partial charge < -0.3 is 14.0 Å². The summed E-state index contributed by atoms with van der Waals surface area (Å²) >= 11 is 0. The second-order valence-corrected chi connectivity index (χ2v) is 8.67. The molecule has 0 saturated heterocycles. The van der Waals surface area contributed by atoms with Crippen LogP contribution in [-0.2, 0) is 16.6 Å². The quantitative estimate of drug-likeness (QED) is 0.663. The van der Waals surface area contributed by atoms with Crippen LogP contribution in [0.5, 0.6) is 11.5 Å². The molecule has 1 atom stereocenters. The first-order chi connectivity index (χ1) is 13.9. The van der Waals surface area contributed by atoms with E-state index in [1.807, 2.05) is 30.4 Å². The lowest BCUT2D eigenvalue weighted by atomic mass is 9.97. The number of hydrogen-bond donors (Lipinski definition) is 1. The number of rotatable bonds is 6. The number of nitrogens with zero attached hydrogens (tertiary/aromatic N) is 3. The fourth-order valence-electron chi connectivity index (χ4n) is 3.66. The van der Waals surface area contributed by atoms with Gasteiger partial charge in [-0.3, -0.25) is 4.98 Å². The maximum absolute atomic E-state index is 11.3. The number of sulfonamides is 1. The summed E-state index contributed by atoms with van der Waals surface area (Å²) in [7, 11) is -0.320. The molecule has 9 heteroatoms. The van der Waals surface area contributed by atoms with Crippen LogP contribution >= 0.6 is 0 Å². The van der Waals surface area contributed by atoms with E-state index in [4.69, 9.17) is 14.6 Å². The number of imidazole rings is 1. The summed E-state index contributed by atoms with van der Waals surface area (Å²) in [5.41, 5.74) is 3.30. The fourth-order valence-corrected chi connectivity index (χ4v) is 4.33. The highest BCUT2D eigenvalue weighted by Crippen LogP contribution is 2.34. The van der Waals surface area contributed by atoms with E-state index in [9.17, 15) is 8.42 Å². The molecule has 4 rings (SSSR count). The lowest BCUT2D eigenvalue weighted by molar-refractivity contribution is 0.356. The van der Waals surface area contributed by atoms with Crippen molar-refractivity contribution < 1.29 is 17.9 Å². The Morgan fingerprint density at radius 3 is 2.59 bits per heavy atom. The van der Waals surface area contributed by atoms with Crippen molar-refractivity contribution in [2.75, 3.05) is 20.0 Å². The van der Waals surface area contributed by atoms with Crippen molar-refractivity contribution in [2.45, 2.75) is 13.0 Å². The number of nitrogens with two attached hydrogens (primary N) is 1. The summed E-state index contributed by atoms with van der Waals surface area (Å²) in [6.07, 6.45) is 10.1. The van der Waals surface area contributed by atoms with Crippen molar-refractivity contribution in [3.8, 4) is 11.5 Å². The van der Waals surface area contributed by atoms with Gasteiger partial charge in [-0.25, -0.2) is 18.5 Å². The molecule has 3 aromatic rings. The van der Waals surface area contributed by atoms with Crippen LogP contribution in [0.2, 0.25) is 0 Å². The van der Waals surface area contributed by atoms with Crippen molar-refractivity contribution in [3.63, 3.8) is 0 Å². The van der Waals surface area contributed by atoms with Crippen LogP contribution in [0.25, 0.3) is 21.9 Å². The van der Waals surface area contributed by atoms with Gasteiger partial charge in [-0.15, -0.1) is 0 Å². The van der Waals surface area contributed by atoms with Crippen molar-refractivity contribution >= 4 is 32.0 Å². The molecule has 0 amide bonds. The van der Waals surface area contributed by atoms with Gasteiger partial charge in [-0.1, -0.05) is 18.2 Å². The van der Waals surface area contributed by atoms with Gasteiger partial charge in [0.05, 0.1) is 43.5 Å². The molecular formula is C20H22N4O4S. The minimum Gasteiger partial charge on any atom is -0.493 e. The third-order valence-electron chi connectivity index (χ3n) is 5.01. The summed E-state index contributed by atoms with van der Waals surface area (Å²) < 4.78 is 35.5. The minimum absolute atomic E-state index is 0.137. The highest BCUT2D eigenvalue weighted by Gasteiger charge is 2.17. The summed E-state index contributed by atoms with van der Waals surface area (Å²) in [6.45, 7) is 0.708. The Bertz CT molecular complexity index is 1240. The third kappa shape index (κ3) is 3.96. The molecule has 0 fully saturated rings. The molecule has 1 aromatic carbocycles. The predicted octanol–water partition coefficient (Wildman–Crippen LogP) is 2.39. The molecule has 1 aliphatic rings. The van der Waals surface area contributed by atoms with Gasteiger partial charge in [-0.05, 0) is 24.0 Å². The summed E-state index contributed by atoms with van der Waals surface area (Å²) in [5, 5.41) is 6.06. The van der Waals surface area contributed by atoms with Crippen molar-refractivity contribution in [1.29, 1.82) is 0 Å². The van der Waals surface area contributed by atoms with Gasteiger partial charge in [0, 0.05) is 18.0 Å². The monoisotopic (exact) mass is 414 g/mol. The van der Waals surface area contributed by atoms with Crippen LogP contribution in [0, 0.1) is 5.92 Å². The van der Waals surface area contributed by atoms with Gasteiger partial charge in [0.2, 0.25) is 10.0 Å². The molecule has 1 unspecified atom stereocenters. The van der Waals surface area contributed by atoms with E-state index in [0.717, 1.165) is 33.9 Å². The molecule has 0 spiro atoms. The van der Waals surface area contributed by atoms with Crippen LogP contribution in [0.3, 0.4) is 0 Å². The highest BCUT2D eigenvalue weighted by atomic mass is 32.2. The average Bonchev–Trinajstić information content (AvgIpc) is 3.10. The zero-order chi connectivity index (χ0) is 20.6. The average molecular weight is 414 g/mol. The van der Waals surface area contributed by atoms with E-state index in [2.05, 4.69) is 14.5 Å². The fraction of sp³-hybridized carbons (Fsp3) is 0.300. The predicted molar refractivity (Wildman–Crippen MR) is 111 cm³/mol. The van der Waals surface area contributed by atoms with E-state index in [-0.39, 0.29) is 11.7 Å². The van der Waals surface area contributed by atoms with Gasteiger partial charge in [0.15, 0.2) is 11.5 Å². The number of ether oxygens (including phenoxy) is 2. The van der Waals surface area contributed by atoms with Gasteiger partial charge in [0.25, 0.3) is 0 Å². The first-order valence-electron chi connectivity index (χ1n) is 9.11. The van der Waals surface area contributed by atoms with Gasteiger partial charge >= 0.3 is 0 Å². The van der Waals surface area contributed by atoms with E-state index in [0.29, 0.717) is 18.0 Å². The second-order valence-electron chi connectivity index (χ2n) is 7.05. The molecule has 2 aromatic heterocycles. The normalized spacial score (nSPS) is 16.9. The third-order valence-corrected chi connectivity index (χ3v) is 5.75. The number of allylic oxidation sites excluding steroid dienone is 3. The van der Waals surface area contributed by atoms with Crippen molar-refractivity contribution in [2.24, 2.45) is 11.1 Å². The molecule has 2 heterocycles. The highest BCUT2D eigenvalue weighted by molar-refractivity contribution is 7.89. The lowest BCUT2D eigenvalue weighted by Gasteiger charge is -2.17. The summed E-state index contributed by atoms with van der Waals surface area (Å²) in [4.78, 5) is 8.98. The smallest absolute Gasteiger partial charge is 0.213 e. The number of fused-ring (bicyclic) bond motifs is 3. The topological polar surface area (TPSA) is 109 Å². The maximum Gasteiger partial charge on any atom is 0.213 e. The maximum atomic E-state index is 11.3. The van der Waals surface area contributed by atoms with Gasteiger partial charge in [0.1, 0.15) is 5.52 Å². The number of pyridine rings is 1. The van der Waals surface area contributed by atoms with Gasteiger partial charge in [-0.2, -0.15) is 0 Å². The van der Waals surface area contributed by atoms with Crippen LogP contribution in [0.1, 0.15) is 6.42 Å². The molecule has 8 nitrogen and oxygen atoms in total. The SMILES string of the molecule is COc1cc2ncc3ncn(CC4C=CC(CS(N)(=O)=O)=CC4)c3c2cc1OC. The second kappa shape index (κ2) is 7.49. The number of hydrogen-bond acceptors (Lipinski definition) is 6. The first-order valence-corrected chi connectivity index (χ1v) is 10.8. The van der Waals surface area contributed by atoms with Crippen LogP contribution in [-0.4, -0.2) is 42.9 Å². The molecule has 152 valence electrons. The number of primary sulfonamides is 1. The molecular weight excluding hydrogens is 392 g/mol. The number of benzene rings is 1. The Kier molecular flexibility index (Phi) is 5.01. The Hall–Kier alpha value is -2.91. The molecule has 1 aliphatic carbocycles.